The van der Waals surface area contributed by atoms with Crippen LogP contribution in [-0.4, -0.2) is 9.78 Å². The molecule has 0 amide bonds. The van der Waals surface area contributed by atoms with Gasteiger partial charge in [0.15, 0.2) is 0 Å². The summed E-state index contributed by atoms with van der Waals surface area (Å²) in [4.78, 5) is 0. The first kappa shape index (κ1) is 9.04. The summed E-state index contributed by atoms with van der Waals surface area (Å²) in [7, 11) is 0. The van der Waals surface area contributed by atoms with Crippen LogP contribution in [0.5, 0.6) is 0 Å². The Kier molecular flexibility index (Phi) is 2.38. The van der Waals surface area contributed by atoms with Crippen LogP contribution < -0.4 is 0 Å². The summed E-state index contributed by atoms with van der Waals surface area (Å²) in [5.41, 5.74) is 1.02. The lowest BCUT2D eigenvalue weighted by molar-refractivity contribution is 0.649. The SMILES string of the molecule is N#CCCn1ncc2cc(Cl)ccc21. The fraction of sp³-hybridized carbons (Fsp3) is 0.200. The van der Waals surface area contributed by atoms with Crippen LogP contribution in [0.3, 0.4) is 0 Å². The second-order valence-corrected chi connectivity index (χ2v) is 3.42. The predicted molar refractivity (Wildman–Crippen MR) is 55.0 cm³/mol. The maximum atomic E-state index is 8.47. The number of hydrogen-bond acceptors (Lipinski definition) is 2. The van der Waals surface area contributed by atoms with E-state index in [2.05, 4.69) is 11.2 Å². The van der Waals surface area contributed by atoms with Crippen LogP contribution in [0.1, 0.15) is 6.42 Å². The highest BCUT2D eigenvalue weighted by Gasteiger charge is 2.01. The zero-order valence-electron chi connectivity index (χ0n) is 7.44. The van der Waals surface area contributed by atoms with Gasteiger partial charge in [0.2, 0.25) is 0 Å². The number of fused-ring (bicyclic) bond motifs is 1. The van der Waals surface area contributed by atoms with Gasteiger partial charge < -0.3 is 0 Å². The summed E-state index contributed by atoms with van der Waals surface area (Å²) in [5, 5.41) is 14.4. The maximum absolute atomic E-state index is 8.47. The number of nitrogens with zero attached hydrogens (tertiary/aromatic N) is 3. The standard InChI is InChI=1S/C10H8ClN3/c11-9-2-3-10-8(6-9)7-13-14(10)5-1-4-12/h2-3,6-7H,1,5H2. The number of rotatable bonds is 2. The predicted octanol–water partition coefficient (Wildman–Crippen LogP) is 2.60. The van der Waals surface area contributed by atoms with E-state index in [0.29, 0.717) is 18.0 Å². The summed E-state index contributed by atoms with van der Waals surface area (Å²) in [6.45, 7) is 0.627. The van der Waals surface area contributed by atoms with Crippen LogP contribution in [0.15, 0.2) is 24.4 Å². The Labute approximate surface area is 86.5 Å². The average molecular weight is 206 g/mol. The third-order valence-corrected chi connectivity index (χ3v) is 2.27. The van der Waals surface area contributed by atoms with Gasteiger partial charge >= 0.3 is 0 Å². The van der Waals surface area contributed by atoms with Crippen LogP contribution in [0.2, 0.25) is 5.02 Å². The van der Waals surface area contributed by atoms with Crippen LogP contribution in [0, 0.1) is 11.3 Å². The van der Waals surface area contributed by atoms with E-state index in [1.807, 2.05) is 22.9 Å². The van der Waals surface area contributed by atoms with Crippen molar-refractivity contribution < 1.29 is 0 Å². The zero-order chi connectivity index (χ0) is 9.97. The van der Waals surface area contributed by atoms with Crippen molar-refractivity contribution in [2.45, 2.75) is 13.0 Å². The molecule has 0 N–H and O–H groups in total. The molecule has 0 radical (unpaired) electrons. The van der Waals surface area contributed by atoms with Gasteiger partial charge in [-0.2, -0.15) is 10.4 Å². The van der Waals surface area contributed by atoms with E-state index in [1.165, 1.54) is 0 Å². The van der Waals surface area contributed by atoms with E-state index in [1.54, 1.807) is 6.20 Å². The van der Waals surface area contributed by atoms with Gasteiger partial charge in [0.25, 0.3) is 0 Å². The van der Waals surface area contributed by atoms with E-state index in [4.69, 9.17) is 16.9 Å². The second-order valence-electron chi connectivity index (χ2n) is 2.98. The van der Waals surface area contributed by atoms with Gasteiger partial charge in [0.05, 0.1) is 30.7 Å². The topological polar surface area (TPSA) is 41.6 Å². The summed E-state index contributed by atoms with van der Waals surface area (Å²) in [6, 6.07) is 7.71. The highest BCUT2D eigenvalue weighted by atomic mass is 35.5. The number of hydrogen-bond donors (Lipinski definition) is 0. The largest absolute Gasteiger partial charge is 0.264 e. The van der Waals surface area contributed by atoms with Gasteiger partial charge in [0.1, 0.15) is 0 Å². The van der Waals surface area contributed by atoms with Gasteiger partial charge in [-0.25, -0.2) is 0 Å². The fourth-order valence-corrected chi connectivity index (χ4v) is 1.57. The summed E-state index contributed by atoms with van der Waals surface area (Å²) >= 11 is 5.84. The molecule has 14 heavy (non-hydrogen) atoms. The summed E-state index contributed by atoms with van der Waals surface area (Å²) in [5.74, 6) is 0. The highest BCUT2D eigenvalue weighted by molar-refractivity contribution is 6.31. The molecule has 0 saturated carbocycles. The third-order valence-electron chi connectivity index (χ3n) is 2.04. The van der Waals surface area contributed by atoms with Gasteiger partial charge in [-0.1, -0.05) is 11.6 Å². The number of aryl methyl sites for hydroxylation is 1. The molecule has 4 heteroatoms. The molecule has 2 rings (SSSR count). The third kappa shape index (κ3) is 1.57. The first-order chi connectivity index (χ1) is 6.81. The number of halogens is 1. The minimum absolute atomic E-state index is 0.472. The minimum Gasteiger partial charge on any atom is -0.264 e. The highest BCUT2D eigenvalue weighted by Crippen LogP contribution is 2.18. The molecule has 0 bridgehead atoms. The molecule has 1 aromatic heterocycles. The Morgan fingerprint density at radius 3 is 3.14 bits per heavy atom. The molecule has 0 aliphatic rings. The summed E-state index contributed by atoms with van der Waals surface area (Å²) < 4.78 is 1.81. The Balaban J connectivity index is 2.43. The Morgan fingerprint density at radius 2 is 2.36 bits per heavy atom. The molecule has 0 saturated heterocycles. The molecule has 0 spiro atoms. The molecule has 1 aromatic carbocycles. The van der Waals surface area contributed by atoms with E-state index in [0.717, 1.165) is 10.9 Å². The quantitative estimate of drug-likeness (QED) is 0.756. The molecule has 0 atom stereocenters. The van der Waals surface area contributed by atoms with Crippen molar-refractivity contribution in [2.24, 2.45) is 0 Å². The van der Waals surface area contributed by atoms with Crippen LogP contribution in [0.25, 0.3) is 10.9 Å². The van der Waals surface area contributed by atoms with Crippen molar-refractivity contribution in [2.75, 3.05) is 0 Å². The molecule has 0 aliphatic carbocycles. The van der Waals surface area contributed by atoms with Gasteiger partial charge in [-0.3, -0.25) is 4.68 Å². The lowest BCUT2D eigenvalue weighted by atomic mass is 10.2. The van der Waals surface area contributed by atoms with E-state index < -0.39 is 0 Å². The van der Waals surface area contributed by atoms with Crippen molar-refractivity contribution in [1.29, 1.82) is 5.26 Å². The van der Waals surface area contributed by atoms with E-state index in [9.17, 15) is 0 Å². The molecule has 70 valence electrons. The Morgan fingerprint density at radius 1 is 1.50 bits per heavy atom. The van der Waals surface area contributed by atoms with Gasteiger partial charge in [-0.05, 0) is 18.2 Å². The normalized spacial score (nSPS) is 10.3. The van der Waals surface area contributed by atoms with Crippen LogP contribution >= 0.6 is 11.6 Å². The van der Waals surface area contributed by atoms with Crippen molar-refractivity contribution >= 4 is 22.5 Å². The van der Waals surface area contributed by atoms with Crippen molar-refractivity contribution in [3.63, 3.8) is 0 Å². The molecule has 0 fully saturated rings. The molecule has 2 aromatic rings. The minimum atomic E-state index is 0.472. The smallest absolute Gasteiger partial charge is 0.0683 e. The molecule has 0 aliphatic heterocycles. The van der Waals surface area contributed by atoms with Gasteiger partial charge in [0, 0.05) is 10.4 Å². The number of nitriles is 1. The number of aromatic nitrogens is 2. The van der Waals surface area contributed by atoms with E-state index >= 15 is 0 Å². The lowest BCUT2D eigenvalue weighted by Crippen LogP contribution is -1.98. The first-order valence-corrected chi connectivity index (χ1v) is 4.67. The monoisotopic (exact) mass is 205 g/mol. The van der Waals surface area contributed by atoms with Gasteiger partial charge in [-0.15, -0.1) is 0 Å². The zero-order valence-corrected chi connectivity index (χ0v) is 8.20. The average Bonchev–Trinajstić information content (AvgIpc) is 2.57. The number of benzene rings is 1. The molecular weight excluding hydrogens is 198 g/mol. The van der Waals surface area contributed by atoms with Crippen LogP contribution in [-0.2, 0) is 6.54 Å². The first-order valence-electron chi connectivity index (χ1n) is 4.29. The van der Waals surface area contributed by atoms with Crippen molar-refractivity contribution in [3.05, 3.63) is 29.4 Å². The Bertz CT molecular complexity index is 496. The Hall–Kier alpha value is -1.53. The molecular formula is C10H8ClN3. The second kappa shape index (κ2) is 3.69. The van der Waals surface area contributed by atoms with E-state index in [-0.39, 0.29) is 0 Å². The molecule has 3 nitrogen and oxygen atoms in total. The van der Waals surface area contributed by atoms with Crippen LogP contribution in [0.4, 0.5) is 0 Å². The molecule has 0 unspecified atom stereocenters. The summed E-state index contributed by atoms with van der Waals surface area (Å²) in [6.07, 6.45) is 2.23. The maximum Gasteiger partial charge on any atom is 0.0683 e. The van der Waals surface area contributed by atoms with Crippen molar-refractivity contribution in [1.82, 2.24) is 9.78 Å². The fourth-order valence-electron chi connectivity index (χ4n) is 1.39. The molecule has 1 heterocycles. The van der Waals surface area contributed by atoms with Crippen molar-refractivity contribution in [3.8, 4) is 6.07 Å². The lowest BCUT2D eigenvalue weighted by Gasteiger charge is -1.98.